The highest BCUT2D eigenvalue weighted by molar-refractivity contribution is 5.86. The summed E-state index contributed by atoms with van der Waals surface area (Å²) in [6.45, 7) is 7.62. The van der Waals surface area contributed by atoms with Gasteiger partial charge >= 0.3 is 12.3 Å². The van der Waals surface area contributed by atoms with Crippen molar-refractivity contribution in [1.29, 1.82) is 0 Å². The molecular formula is C25H31N3O4. The standard InChI is InChI=1S/C24H28N2O2.CH3NO2/c1-25-20-9-18-8-19(18)26(20)22(27)21(17-5-3-2-4-6-17)23-10-15-7-16(11-23)13-24(28,12-15)14-23;2-1(3)4/h2-6,15-16,18-21,28H,7-14H2;2H2,(H,3,4)/t15?,16?,18-,19-,20-,21+,23?,24?;/m0./s1. The average Bonchev–Trinajstić information content (AvgIpc) is 3.36. The molecule has 1 aromatic rings. The molecule has 6 fully saturated rings. The molecular weight excluding hydrogens is 406 g/mol. The molecule has 5 saturated carbocycles. The second-order valence-corrected chi connectivity index (χ2v) is 10.9. The maximum atomic E-state index is 14.1. The number of fused-ring (bicyclic) bond motifs is 1. The van der Waals surface area contributed by atoms with E-state index in [1.54, 1.807) is 0 Å². The first kappa shape index (κ1) is 21.3. The summed E-state index contributed by atoms with van der Waals surface area (Å²) < 4.78 is 0. The topological polar surface area (TPSA) is 108 Å². The van der Waals surface area contributed by atoms with E-state index in [-0.39, 0.29) is 29.4 Å². The predicted molar refractivity (Wildman–Crippen MR) is 117 cm³/mol. The molecule has 7 nitrogen and oxygen atoms in total. The van der Waals surface area contributed by atoms with Crippen molar-refractivity contribution in [3.63, 3.8) is 0 Å². The Morgan fingerprint density at radius 2 is 1.72 bits per heavy atom. The van der Waals surface area contributed by atoms with E-state index in [4.69, 9.17) is 16.5 Å². The van der Waals surface area contributed by atoms with Crippen LogP contribution >= 0.6 is 0 Å². The first-order valence-electron chi connectivity index (χ1n) is 11.7. The summed E-state index contributed by atoms with van der Waals surface area (Å²) in [5, 5.41) is 18.5. The van der Waals surface area contributed by atoms with Crippen molar-refractivity contribution in [2.24, 2.45) is 28.9 Å². The van der Waals surface area contributed by atoms with Gasteiger partial charge in [-0.1, -0.05) is 30.3 Å². The van der Waals surface area contributed by atoms with Crippen LogP contribution in [-0.4, -0.2) is 44.9 Å². The number of carboxylic acid groups (broad SMARTS) is 1. The number of hydrogen-bond acceptors (Lipinski definition) is 3. The molecule has 5 aliphatic carbocycles. The van der Waals surface area contributed by atoms with E-state index in [2.05, 4.69) is 22.7 Å². The number of benzene rings is 1. The smallest absolute Gasteiger partial charge is 0.402 e. The van der Waals surface area contributed by atoms with Crippen molar-refractivity contribution in [3.8, 4) is 0 Å². The molecule has 7 rings (SSSR count). The Kier molecular flexibility index (Phi) is 4.97. The maximum absolute atomic E-state index is 14.1. The van der Waals surface area contributed by atoms with E-state index >= 15 is 0 Å². The lowest BCUT2D eigenvalue weighted by Gasteiger charge is -2.62. The maximum Gasteiger partial charge on any atom is 0.402 e. The number of nitrogens with two attached hydrogens (primary N) is 1. The first-order valence-corrected chi connectivity index (χ1v) is 11.7. The fraction of sp³-hybridized carbons (Fsp3) is 0.640. The number of likely N-dealkylation sites (tertiary alicyclic amines) is 1. The minimum Gasteiger partial charge on any atom is -0.465 e. The highest BCUT2D eigenvalue weighted by Gasteiger charge is 2.64. The molecule has 170 valence electrons. The lowest BCUT2D eigenvalue weighted by atomic mass is 9.44. The summed E-state index contributed by atoms with van der Waals surface area (Å²) in [4.78, 5) is 28.6. The summed E-state index contributed by atoms with van der Waals surface area (Å²) in [7, 11) is 0. The van der Waals surface area contributed by atoms with Gasteiger partial charge in [0.2, 0.25) is 5.91 Å². The van der Waals surface area contributed by atoms with Crippen LogP contribution in [0.3, 0.4) is 0 Å². The Hall–Kier alpha value is -2.59. The Bertz CT molecular complexity index is 940. The number of nitrogens with zero attached hydrogens (tertiary/aromatic N) is 2. The van der Waals surface area contributed by atoms with Crippen molar-refractivity contribution in [2.75, 3.05) is 0 Å². The molecule has 4 N–H and O–H groups in total. The number of aliphatic hydroxyl groups is 1. The third kappa shape index (κ3) is 3.55. The SMILES string of the molecule is NC(=O)O.[C-]#[N+][C@@H]1C[C@@H]2C[C@@H]2N1C(=O)[C@@H](c1ccccc1)C12CC3CC(CC(O)(C3)C1)C2. The van der Waals surface area contributed by atoms with Crippen LogP contribution in [-0.2, 0) is 4.79 Å². The Labute approximate surface area is 188 Å². The van der Waals surface area contributed by atoms with Gasteiger partial charge in [0.05, 0.1) is 11.5 Å². The fourth-order valence-electron chi connectivity index (χ4n) is 8.03. The van der Waals surface area contributed by atoms with Gasteiger partial charge in [-0.05, 0) is 73.7 Å². The van der Waals surface area contributed by atoms with Crippen molar-refractivity contribution < 1.29 is 19.8 Å². The molecule has 0 aromatic heterocycles. The van der Waals surface area contributed by atoms with Crippen molar-refractivity contribution in [1.82, 2.24) is 4.90 Å². The van der Waals surface area contributed by atoms with Crippen LogP contribution in [0, 0.1) is 29.7 Å². The molecule has 7 heteroatoms. The van der Waals surface area contributed by atoms with Crippen LogP contribution in [0.1, 0.15) is 62.8 Å². The summed E-state index contributed by atoms with van der Waals surface area (Å²) in [5.74, 6) is 1.60. The number of amides is 2. The summed E-state index contributed by atoms with van der Waals surface area (Å²) in [6.07, 6.45) is 6.23. The number of primary amides is 1. The summed E-state index contributed by atoms with van der Waals surface area (Å²) in [5.41, 5.74) is 4.39. The molecule has 1 aromatic carbocycles. The Morgan fingerprint density at radius 1 is 1.09 bits per heavy atom. The lowest BCUT2D eigenvalue weighted by Crippen LogP contribution is -2.59. The summed E-state index contributed by atoms with van der Waals surface area (Å²) >= 11 is 0. The van der Waals surface area contributed by atoms with Gasteiger partial charge in [-0.2, -0.15) is 0 Å². The van der Waals surface area contributed by atoms with Gasteiger partial charge < -0.3 is 15.9 Å². The second kappa shape index (κ2) is 7.48. The molecule has 1 aliphatic heterocycles. The number of carbonyl (C=O) groups is 2. The number of rotatable bonds is 3. The molecule has 0 radical (unpaired) electrons. The van der Waals surface area contributed by atoms with Crippen LogP contribution in [0.15, 0.2) is 30.3 Å². The number of carbonyl (C=O) groups excluding carboxylic acids is 1. The first-order chi connectivity index (χ1) is 15.2. The van der Waals surface area contributed by atoms with Crippen LogP contribution in [0.4, 0.5) is 4.79 Å². The van der Waals surface area contributed by atoms with E-state index < -0.39 is 11.7 Å². The van der Waals surface area contributed by atoms with E-state index in [0.717, 1.165) is 50.5 Å². The monoisotopic (exact) mass is 437 g/mol. The molecule has 2 unspecified atom stereocenters. The van der Waals surface area contributed by atoms with E-state index in [0.29, 0.717) is 17.8 Å². The third-order valence-electron chi connectivity index (χ3n) is 8.55. The molecule has 0 spiro atoms. The van der Waals surface area contributed by atoms with E-state index in [1.807, 2.05) is 23.1 Å². The molecule has 2 amide bonds. The van der Waals surface area contributed by atoms with Gasteiger partial charge in [0.25, 0.3) is 0 Å². The number of hydrogen-bond donors (Lipinski definition) is 3. The molecule has 1 saturated heterocycles. The Morgan fingerprint density at radius 3 is 2.28 bits per heavy atom. The summed E-state index contributed by atoms with van der Waals surface area (Å²) in [6, 6.07) is 10.5. The zero-order valence-electron chi connectivity index (χ0n) is 18.2. The number of piperidine rings is 1. The van der Waals surface area contributed by atoms with Gasteiger partial charge in [0.15, 0.2) is 0 Å². The predicted octanol–water partition coefficient (Wildman–Crippen LogP) is 3.59. The second-order valence-electron chi connectivity index (χ2n) is 10.9. The van der Waals surface area contributed by atoms with Crippen LogP contribution < -0.4 is 5.73 Å². The highest BCUT2D eigenvalue weighted by Crippen LogP contribution is 2.66. The zero-order chi connectivity index (χ0) is 22.7. The lowest BCUT2D eigenvalue weighted by molar-refractivity contribution is -0.178. The van der Waals surface area contributed by atoms with Gasteiger partial charge in [-0.15, -0.1) is 0 Å². The normalized spacial score (nSPS) is 41.1. The van der Waals surface area contributed by atoms with Crippen molar-refractivity contribution >= 4 is 12.0 Å². The molecule has 6 aliphatic rings. The minimum absolute atomic E-state index is 0.142. The van der Waals surface area contributed by atoms with Crippen LogP contribution in [0.25, 0.3) is 4.85 Å². The third-order valence-corrected chi connectivity index (χ3v) is 8.55. The average molecular weight is 438 g/mol. The van der Waals surface area contributed by atoms with Crippen molar-refractivity contribution in [3.05, 3.63) is 47.3 Å². The Balaban J connectivity index is 0.000000501. The quantitative estimate of drug-likeness (QED) is 0.628. The zero-order valence-corrected chi connectivity index (χ0v) is 18.2. The van der Waals surface area contributed by atoms with Crippen LogP contribution in [0.2, 0.25) is 0 Å². The molecule has 1 heterocycles. The molecule has 4 bridgehead atoms. The van der Waals surface area contributed by atoms with E-state index in [9.17, 15) is 9.90 Å². The van der Waals surface area contributed by atoms with Crippen molar-refractivity contribution in [2.45, 2.75) is 75.1 Å². The van der Waals surface area contributed by atoms with Crippen LogP contribution in [0.5, 0.6) is 0 Å². The molecule has 32 heavy (non-hydrogen) atoms. The van der Waals surface area contributed by atoms with Gasteiger partial charge in [0, 0.05) is 12.5 Å². The largest absolute Gasteiger partial charge is 0.465 e. The fourth-order valence-corrected chi connectivity index (χ4v) is 8.03. The van der Waals surface area contributed by atoms with Gasteiger partial charge in [0.1, 0.15) is 0 Å². The highest BCUT2D eigenvalue weighted by atomic mass is 16.4. The van der Waals surface area contributed by atoms with Gasteiger partial charge in [-0.25, -0.2) is 11.4 Å². The van der Waals surface area contributed by atoms with E-state index in [1.165, 1.54) is 6.42 Å². The minimum atomic E-state index is -1.33. The van der Waals surface area contributed by atoms with Gasteiger partial charge in [-0.3, -0.25) is 14.5 Å². The molecule has 6 atom stereocenters.